The van der Waals surface area contributed by atoms with Crippen LogP contribution in [0.1, 0.15) is 23.1 Å². The molecule has 0 fully saturated rings. The lowest BCUT2D eigenvalue weighted by molar-refractivity contribution is -0.118. The number of nitrogens with zero attached hydrogens (tertiary/aromatic N) is 1. The van der Waals surface area contributed by atoms with Crippen molar-refractivity contribution in [1.29, 1.82) is 0 Å². The zero-order chi connectivity index (χ0) is 18.0. The van der Waals surface area contributed by atoms with Crippen LogP contribution in [-0.2, 0) is 20.9 Å². The first-order valence-corrected chi connectivity index (χ1v) is 7.92. The molecule has 3 rings (SSSR count). The van der Waals surface area contributed by atoms with Gasteiger partial charge in [0, 0.05) is 11.1 Å². The Hall–Kier alpha value is -2.95. The van der Waals surface area contributed by atoms with Gasteiger partial charge in [-0.1, -0.05) is 24.3 Å². The number of hydrogen-bond acceptors (Lipinski definition) is 3. The summed E-state index contributed by atoms with van der Waals surface area (Å²) in [7, 11) is 1.48. The number of anilines is 1. The molecular formula is C20H18FNO3. The van der Waals surface area contributed by atoms with Gasteiger partial charge >= 0.3 is 0 Å². The smallest absolute Gasteiger partial charge is 0.232 e. The van der Waals surface area contributed by atoms with E-state index in [9.17, 15) is 14.0 Å². The lowest BCUT2D eigenvalue weighted by Crippen LogP contribution is -2.30. The second kappa shape index (κ2) is 6.89. The monoisotopic (exact) mass is 339 g/mol. The summed E-state index contributed by atoms with van der Waals surface area (Å²) in [6.07, 6.45) is 0.595. The van der Waals surface area contributed by atoms with Gasteiger partial charge in [-0.3, -0.25) is 9.59 Å². The fraction of sp³-hybridized carbons (Fsp3) is 0.200. The molecular weight excluding hydrogens is 321 g/mol. The summed E-state index contributed by atoms with van der Waals surface area (Å²) in [5.74, 6) is -0.142. The van der Waals surface area contributed by atoms with Gasteiger partial charge in [-0.2, -0.15) is 0 Å². The molecule has 0 saturated heterocycles. The minimum absolute atomic E-state index is 0.0598. The molecule has 4 nitrogen and oxygen atoms in total. The molecule has 1 amide bonds. The summed E-state index contributed by atoms with van der Waals surface area (Å²) < 4.78 is 19.3. The fourth-order valence-electron chi connectivity index (χ4n) is 2.97. The van der Waals surface area contributed by atoms with E-state index in [1.165, 1.54) is 13.2 Å². The highest BCUT2D eigenvalue weighted by Gasteiger charge is 2.28. The lowest BCUT2D eigenvalue weighted by Gasteiger charge is -2.23. The highest BCUT2D eigenvalue weighted by atomic mass is 19.1. The topological polar surface area (TPSA) is 46.6 Å². The molecule has 0 radical (unpaired) electrons. The lowest BCUT2D eigenvalue weighted by atomic mass is 10.1. The second-order valence-corrected chi connectivity index (χ2v) is 5.93. The summed E-state index contributed by atoms with van der Waals surface area (Å²) in [6, 6.07) is 12.2. The van der Waals surface area contributed by atoms with E-state index >= 15 is 0 Å². The molecule has 1 aliphatic heterocycles. The maximum absolute atomic E-state index is 13.9. The van der Waals surface area contributed by atoms with Crippen LogP contribution in [-0.4, -0.2) is 19.3 Å². The van der Waals surface area contributed by atoms with Crippen LogP contribution >= 0.6 is 0 Å². The number of aryl methyl sites for hydroxylation is 1. The molecule has 128 valence electrons. The van der Waals surface area contributed by atoms with Crippen LogP contribution in [0.15, 0.2) is 48.0 Å². The van der Waals surface area contributed by atoms with Crippen LogP contribution in [0.4, 0.5) is 10.1 Å². The number of halogens is 1. The first kappa shape index (κ1) is 16.9. The number of para-hydroxylation sites is 1. The molecule has 0 unspecified atom stereocenters. The number of methoxy groups -OCH3 is 1. The Bertz CT molecular complexity index is 873. The van der Waals surface area contributed by atoms with Gasteiger partial charge in [0.2, 0.25) is 5.91 Å². The van der Waals surface area contributed by atoms with Gasteiger partial charge < -0.3 is 9.64 Å². The first-order valence-electron chi connectivity index (χ1n) is 7.92. The SMILES string of the molecule is COC1=C(C=O)CC(=O)N(Cc2ccc(C)c(F)c2)c2ccccc21. The van der Waals surface area contributed by atoms with E-state index in [1.54, 1.807) is 36.1 Å². The number of carbonyl (C=O) groups excluding carboxylic acids is 2. The summed E-state index contributed by atoms with van der Waals surface area (Å²) in [4.78, 5) is 25.7. The number of amides is 1. The molecule has 5 heteroatoms. The normalized spacial score (nSPS) is 14.2. The van der Waals surface area contributed by atoms with Crippen molar-refractivity contribution in [2.75, 3.05) is 12.0 Å². The number of aldehydes is 1. The molecule has 1 heterocycles. The van der Waals surface area contributed by atoms with Crippen LogP contribution in [0.5, 0.6) is 0 Å². The molecule has 0 N–H and O–H groups in total. The molecule has 0 bridgehead atoms. The molecule has 1 aliphatic rings. The Morgan fingerprint density at radius 1 is 1.24 bits per heavy atom. The molecule has 0 saturated carbocycles. The van der Waals surface area contributed by atoms with Crippen molar-refractivity contribution in [3.63, 3.8) is 0 Å². The van der Waals surface area contributed by atoms with Gasteiger partial charge in [-0.15, -0.1) is 0 Å². The predicted molar refractivity (Wildman–Crippen MR) is 93.4 cm³/mol. The standard InChI is InChI=1S/C20H18FNO3/c1-13-7-8-14(9-17(13)21)11-22-18-6-4-3-5-16(18)20(25-2)15(12-23)10-19(22)24/h3-9,12H,10-11H2,1-2H3. The number of hydrogen-bond donors (Lipinski definition) is 0. The van der Waals surface area contributed by atoms with E-state index < -0.39 is 0 Å². The van der Waals surface area contributed by atoms with Gasteiger partial charge in [-0.05, 0) is 36.2 Å². The van der Waals surface area contributed by atoms with Crippen molar-refractivity contribution in [1.82, 2.24) is 0 Å². The molecule has 0 atom stereocenters. The average molecular weight is 339 g/mol. The number of carbonyl (C=O) groups is 2. The molecule has 2 aromatic carbocycles. The number of ether oxygens (including phenoxy) is 1. The Kier molecular flexibility index (Phi) is 4.65. The van der Waals surface area contributed by atoms with E-state index in [4.69, 9.17) is 4.74 Å². The minimum Gasteiger partial charge on any atom is -0.496 e. The highest BCUT2D eigenvalue weighted by molar-refractivity contribution is 6.05. The quantitative estimate of drug-likeness (QED) is 0.799. The largest absolute Gasteiger partial charge is 0.496 e. The van der Waals surface area contributed by atoms with Gasteiger partial charge in [0.1, 0.15) is 17.9 Å². The first-order chi connectivity index (χ1) is 12.0. The molecule has 0 aliphatic carbocycles. The third-order valence-corrected chi connectivity index (χ3v) is 4.30. The highest BCUT2D eigenvalue weighted by Crippen LogP contribution is 2.35. The van der Waals surface area contributed by atoms with Crippen LogP contribution in [0, 0.1) is 12.7 Å². The molecule has 25 heavy (non-hydrogen) atoms. The second-order valence-electron chi connectivity index (χ2n) is 5.93. The maximum atomic E-state index is 13.9. The Balaban J connectivity index is 2.07. The van der Waals surface area contributed by atoms with E-state index in [0.29, 0.717) is 40.0 Å². The summed E-state index contributed by atoms with van der Waals surface area (Å²) in [5.41, 5.74) is 2.85. The van der Waals surface area contributed by atoms with Gasteiger partial charge in [0.25, 0.3) is 0 Å². The zero-order valence-electron chi connectivity index (χ0n) is 14.1. The molecule has 0 spiro atoms. The summed E-state index contributed by atoms with van der Waals surface area (Å²) in [5, 5.41) is 0. The number of fused-ring (bicyclic) bond motifs is 1. The van der Waals surface area contributed by atoms with Crippen molar-refractivity contribution in [3.05, 3.63) is 70.5 Å². The van der Waals surface area contributed by atoms with E-state index in [-0.39, 0.29) is 24.7 Å². The number of benzene rings is 2. The Morgan fingerprint density at radius 3 is 2.68 bits per heavy atom. The summed E-state index contributed by atoms with van der Waals surface area (Å²) in [6.45, 7) is 1.91. The van der Waals surface area contributed by atoms with Crippen LogP contribution < -0.4 is 4.90 Å². The minimum atomic E-state index is -0.308. The predicted octanol–water partition coefficient (Wildman–Crippen LogP) is 3.63. The molecule has 2 aromatic rings. The van der Waals surface area contributed by atoms with E-state index in [0.717, 1.165) is 0 Å². The fourth-order valence-corrected chi connectivity index (χ4v) is 2.97. The summed E-state index contributed by atoms with van der Waals surface area (Å²) >= 11 is 0. The Labute approximate surface area is 145 Å². The van der Waals surface area contributed by atoms with Crippen LogP contribution in [0.25, 0.3) is 5.76 Å². The van der Waals surface area contributed by atoms with Gasteiger partial charge in [0.05, 0.1) is 25.8 Å². The van der Waals surface area contributed by atoms with Crippen LogP contribution in [0.3, 0.4) is 0 Å². The van der Waals surface area contributed by atoms with Gasteiger partial charge in [0.15, 0.2) is 0 Å². The maximum Gasteiger partial charge on any atom is 0.232 e. The third-order valence-electron chi connectivity index (χ3n) is 4.30. The van der Waals surface area contributed by atoms with Crippen molar-refractivity contribution in [3.8, 4) is 0 Å². The molecule has 0 aromatic heterocycles. The van der Waals surface area contributed by atoms with Crippen molar-refractivity contribution in [2.24, 2.45) is 0 Å². The van der Waals surface area contributed by atoms with Gasteiger partial charge in [-0.25, -0.2) is 4.39 Å². The zero-order valence-corrected chi connectivity index (χ0v) is 14.1. The van der Waals surface area contributed by atoms with Crippen molar-refractivity contribution < 1.29 is 18.7 Å². The average Bonchev–Trinajstić information content (AvgIpc) is 2.73. The number of rotatable bonds is 4. The van der Waals surface area contributed by atoms with Crippen LogP contribution in [0.2, 0.25) is 0 Å². The van der Waals surface area contributed by atoms with Crippen molar-refractivity contribution >= 4 is 23.6 Å². The van der Waals surface area contributed by atoms with E-state index in [1.807, 2.05) is 12.1 Å². The third kappa shape index (κ3) is 3.18. The van der Waals surface area contributed by atoms with E-state index in [2.05, 4.69) is 0 Å². The van der Waals surface area contributed by atoms with Crippen molar-refractivity contribution in [2.45, 2.75) is 19.9 Å². The Morgan fingerprint density at radius 2 is 2.00 bits per heavy atom.